The van der Waals surface area contributed by atoms with Crippen molar-refractivity contribution in [2.24, 2.45) is 16.5 Å². The number of phenolic OH excluding ortho intramolecular Hbond substituents is 1. The lowest BCUT2D eigenvalue weighted by Crippen LogP contribution is -2.58. The van der Waals surface area contributed by atoms with Gasteiger partial charge < -0.3 is 48.5 Å². The fraction of sp³-hybridized carbons (Fsp3) is 0.333. The largest absolute Gasteiger partial charge is 0.508 e. The average Bonchev–Trinajstić information content (AvgIpc) is 3.20. The Morgan fingerprint density at radius 2 is 1.21 bits per heavy atom. The van der Waals surface area contributed by atoms with Crippen LogP contribution in [0.2, 0.25) is 0 Å². The summed E-state index contributed by atoms with van der Waals surface area (Å²) >= 11 is 0. The molecule has 11 N–H and O–H groups in total. The number of fused-ring (bicyclic) bond motifs is 1. The molecule has 0 spiro atoms. The molecule has 5 amide bonds. The molecule has 1 fully saturated rings. The topological polar surface area (TPSA) is 242 Å². The van der Waals surface area contributed by atoms with Gasteiger partial charge in [-0.25, -0.2) is 0 Å². The van der Waals surface area contributed by atoms with E-state index in [9.17, 15) is 29.1 Å². The average molecular weight is 778 g/mol. The molecule has 1 aliphatic heterocycles. The number of guanidine groups is 1. The molecule has 1 aliphatic rings. The van der Waals surface area contributed by atoms with Crippen LogP contribution in [0, 0.1) is 0 Å². The van der Waals surface area contributed by atoms with Crippen molar-refractivity contribution < 1.29 is 29.1 Å². The van der Waals surface area contributed by atoms with E-state index in [1.54, 1.807) is 12.1 Å². The summed E-state index contributed by atoms with van der Waals surface area (Å²) in [5.41, 5.74) is 13.5. The summed E-state index contributed by atoms with van der Waals surface area (Å²) in [4.78, 5) is 73.2. The van der Waals surface area contributed by atoms with Crippen molar-refractivity contribution in [2.45, 2.75) is 69.2 Å². The summed E-state index contributed by atoms with van der Waals surface area (Å²) in [6.45, 7) is 0.825. The Labute approximate surface area is 331 Å². The minimum atomic E-state index is -1.15. The van der Waals surface area contributed by atoms with E-state index in [1.807, 2.05) is 72.8 Å². The highest BCUT2D eigenvalue weighted by atomic mass is 16.3. The zero-order chi connectivity index (χ0) is 40.6. The molecule has 0 saturated carbocycles. The SMILES string of the molecule is NC(N)=NCCC[C@@H]1NC(=O)[C@H](CCCNCc2ccccc2)NC(=O)[C@@H](Cc2ccc(O)cc2)NC(=O)CNC(=O)[C@H](Cc2ccc3ccccc3c2)NC1=O. The minimum Gasteiger partial charge on any atom is -0.508 e. The van der Waals surface area contributed by atoms with Crippen molar-refractivity contribution in [3.05, 3.63) is 114 Å². The normalized spacial score (nSPS) is 19.5. The number of hydrogen-bond acceptors (Lipinski definition) is 8. The minimum absolute atomic E-state index is 0.0246. The van der Waals surface area contributed by atoms with E-state index < -0.39 is 60.2 Å². The summed E-state index contributed by atoms with van der Waals surface area (Å²) in [6, 6.07) is 24.9. The lowest BCUT2D eigenvalue weighted by Gasteiger charge is -2.26. The summed E-state index contributed by atoms with van der Waals surface area (Å²) in [5.74, 6) is -3.26. The Bertz CT molecular complexity index is 2020. The van der Waals surface area contributed by atoms with Gasteiger partial charge in [0, 0.05) is 25.9 Å². The van der Waals surface area contributed by atoms with Crippen LogP contribution in [0.25, 0.3) is 10.8 Å². The number of aromatic hydroxyl groups is 1. The quantitative estimate of drug-likeness (QED) is 0.0504. The first-order valence-corrected chi connectivity index (χ1v) is 19.1. The van der Waals surface area contributed by atoms with Crippen molar-refractivity contribution in [3.8, 4) is 5.75 Å². The van der Waals surface area contributed by atoms with Gasteiger partial charge in [-0.1, -0.05) is 84.9 Å². The van der Waals surface area contributed by atoms with E-state index in [0.29, 0.717) is 31.5 Å². The molecule has 5 rings (SSSR count). The maximum atomic E-state index is 14.1. The summed E-state index contributed by atoms with van der Waals surface area (Å²) in [7, 11) is 0. The van der Waals surface area contributed by atoms with Gasteiger partial charge in [-0.2, -0.15) is 0 Å². The number of aliphatic imine (C=N–C) groups is 1. The van der Waals surface area contributed by atoms with Crippen molar-refractivity contribution in [3.63, 3.8) is 0 Å². The number of rotatable bonds is 14. The van der Waals surface area contributed by atoms with E-state index in [1.165, 1.54) is 12.1 Å². The third-order valence-corrected chi connectivity index (χ3v) is 9.57. The maximum Gasteiger partial charge on any atom is 0.243 e. The van der Waals surface area contributed by atoms with Gasteiger partial charge in [0.1, 0.15) is 29.9 Å². The highest BCUT2D eigenvalue weighted by Gasteiger charge is 2.32. The van der Waals surface area contributed by atoms with Crippen LogP contribution < -0.4 is 43.4 Å². The molecule has 4 aromatic rings. The summed E-state index contributed by atoms with van der Waals surface area (Å²) < 4.78 is 0. The zero-order valence-corrected chi connectivity index (χ0v) is 31.7. The van der Waals surface area contributed by atoms with Gasteiger partial charge in [-0.3, -0.25) is 29.0 Å². The number of nitrogens with one attached hydrogen (secondary N) is 6. The lowest BCUT2D eigenvalue weighted by molar-refractivity contribution is -0.134. The Balaban J connectivity index is 1.42. The first-order chi connectivity index (χ1) is 27.5. The Morgan fingerprint density at radius 3 is 1.91 bits per heavy atom. The van der Waals surface area contributed by atoms with Gasteiger partial charge in [-0.05, 0) is 71.8 Å². The van der Waals surface area contributed by atoms with E-state index in [0.717, 1.165) is 21.9 Å². The molecule has 57 heavy (non-hydrogen) atoms. The third-order valence-electron chi connectivity index (χ3n) is 9.57. The van der Waals surface area contributed by atoms with Gasteiger partial charge >= 0.3 is 0 Å². The fourth-order valence-corrected chi connectivity index (χ4v) is 6.54. The number of carbonyl (C=O) groups excluding carboxylic acids is 5. The smallest absolute Gasteiger partial charge is 0.243 e. The van der Waals surface area contributed by atoms with Crippen LogP contribution >= 0.6 is 0 Å². The molecule has 300 valence electrons. The summed E-state index contributed by atoms with van der Waals surface area (Å²) in [5, 5.41) is 28.9. The van der Waals surface area contributed by atoms with Gasteiger partial charge in [0.15, 0.2) is 5.96 Å². The summed E-state index contributed by atoms with van der Waals surface area (Å²) in [6.07, 6.45) is 1.21. The van der Waals surface area contributed by atoms with Crippen LogP contribution in [0.4, 0.5) is 0 Å². The number of carbonyl (C=O) groups is 5. The number of hydrogen-bond donors (Lipinski definition) is 9. The number of nitrogens with zero attached hydrogens (tertiary/aromatic N) is 1. The Kier molecular flexibility index (Phi) is 15.4. The predicted molar refractivity (Wildman–Crippen MR) is 217 cm³/mol. The van der Waals surface area contributed by atoms with Crippen LogP contribution in [0.1, 0.15) is 42.4 Å². The second-order valence-corrected chi connectivity index (χ2v) is 14.0. The van der Waals surface area contributed by atoms with Gasteiger partial charge in [0.05, 0.1) is 6.54 Å². The molecule has 0 unspecified atom stereocenters. The molecule has 4 atom stereocenters. The monoisotopic (exact) mass is 777 g/mol. The van der Waals surface area contributed by atoms with Crippen LogP contribution in [0.15, 0.2) is 102 Å². The van der Waals surface area contributed by atoms with Crippen LogP contribution in [0.3, 0.4) is 0 Å². The maximum absolute atomic E-state index is 14.1. The van der Waals surface area contributed by atoms with Crippen molar-refractivity contribution in [1.29, 1.82) is 0 Å². The van der Waals surface area contributed by atoms with Gasteiger partial charge in [0.2, 0.25) is 29.5 Å². The Morgan fingerprint density at radius 1 is 0.632 bits per heavy atom. The van der Waals surface area contributed by atoms with E-state index in [4.69, 9.17) is 11.5 Å². The first kappa shape index (κ1) is 41.7. The van der Waals surface area contributed by atoms with Gasteiger partial charge in [-0.15, -0.1) is 0 Å². The van der Waals surface area contributed by atoms with E-state index >= 15 is 0 Å². The lowest BCUT2D eigenvalue weighted by atomic mass is 10.0. The molecule has 1 heterocycles. The van der Waals surface area contributed by atoms with Crippen molar-refractivity contribution in [1.82, 2.24) is 31.9 Å². The molecular weight excluding hydrogens is 727 g/mol. The molecular formula is C42H51N9O6. The zero-order valence-electron chi connectivity index (χ0n) is 31.7. The number of phenols is 1. The molecule has 0 aromatic heterocycles. The number of nitrogens with two attached hydrogens (primary N) is 2. The molecule has 1 saturated heterocycles. The predicted octanol–water partition coefficient (Wildman–Crippen LogP) is 1.02. The second kappa shape index (κ2) is 21.0. The van der Waals surface area contributed by atoms with Crippen molar-refractivity contribution >= 4 is 46.3 Å². The van der Waals surface area contributed by atoms with E-state index in [2.05, 4.69) is 36.9 Å². The fourth-order valence-electron chi connectivity index (χ4n) is 6.54. The van der Waals surface area contributed by atoms with Gasteiger partial charge in [0.25, 0.3) is 0 Å². The highest BCUT2D eigenvalue weighted by molar-refractivity contribution is 5.97. The van der Waals surface area contributed by atoms with Crippen molar-refractivity contribution in [2.75, 3.05) is 19.6 Å². The molecule has 4 aromatic carbocycles. The number of amides is 5. The molecule has 0 bridgehead atoms. The van der Waals surface area contributed by atoms with Crippen LogP contribution in [0.5, 0.6) is 5.75 Å². The third kappa shape index (κ3) is 13.4. The molecule has 0 aliphatic carbocycles. The molecule has 15 heteroatoms. The standard InChI is InChI=1S/C42H51N9O6/c43-42(44)46-21-7-13-34-40(56)51-35(24-29-14-17-30-10-4-5-11-31(30)22-29)38(54)47-26-37(53)48-36(23-27-15-18-32(52)19-16-27)41(57)50-33(39(55)49-34)12-6-20-45-25-28-8-2-1-3-9-28/h1-5,8-11,14-19,22,33-36,45,52H,6-7,12-13,20-21,23-26H2,(H,47,54)(H,48,53)(H,49,55)(H,50,57)(H,51,56)(H4,43,44,46)/t33-,34-,35-,36+/m0/s1. The van der Waals surface area contributed by atoms with Crippen LogP contribution in [-0.4, -0.2) is 84.4 Å². The highest BCUT2D eigenvalue weighted by Crippen LogP contribution is 2.18. The number of benzene rings is 4. The second-order valence-electron chi connectivity index (χ2n) is 14.0. The van der Waals surface area contributed by atoms with Crippen LogP contribution in [-0.2, 0) is 43.4 Å². The first-order valence-electron chi connectivity index (χ1n) is 19.1. The molecule has 15 nitrogen and oxygen atoms in total. The Hall–Kier alpha value is -6.48. The molecule has 0 radical (unpaired) electrons. The van der Waals surface area contributed by atoms with E-state index in [-0.39, 0.29) is 43.9 Å².